The van der Waals surface area contributed by atoms with Gasteiger partial charge < -0.3 is 14.8 Å². The highest BCUT2D eigenvalue weighted by Crippen LogP contribution is 2.25. The number of pyridine rings is 1. The van der Waals surface area contributed by atoms with E-state index in [1.54, 1.807) is 13.1 Å². The summed E-state index contributed by atoms with van der Waals surface area (Å²) >= 11 is 0. The summed E-state index contributed by atoms with van der Waals surface area (Å²) in [5.74, 6) is 2.43. The van der Waals surface area contributed by atoms with Crippen molar-refractivity contribution in [3.63, 3.8) is 0 Å². The van der Waals surface area contributed by atoms with Crippen LogP contribution in [0.2, 0.25) is 0 Å². The second-order valence-corrected chi connectivity index (χ2v) is 7.23. The van der Waals surface area contributed by atoms with Gasteiger partial charge in [0.2, 0.25) is 17.8 Å². The van der Waals surface area contributed by atoms with Gasteiger partial charge >= 0.3 is 6.09 Å². The van der Waals surface area contributed by atoms with Gasteiger partial charge in [-0.1, -0.05) is 31.2 Å². The first-order valence-electron chi connectivity index (χ1n) is 10.2. The van der Waals surface area contributed by atoms with Crippen LogP contribution in [0.25, 0.3) is 0 Å². The van der Waals surface area contributed by atoms with Gasteiger partial charge in [-0.3, -0.25) is 0 Å². The number of aromatic nitrogens is 4. The van der Waals surface area contributed by atoms with Crippen molar-refractivity contribution in [3.05, 3.63) is 60.0 Å². The molecule has 0 aliphatic carbocycles. The Balaban J connectivity index is 1.47. The van der Waals surface area contributed by atoms with E-state index >= 15 is 0 Å². The van der Waals surface area contributed by atoms with Crippen molar-refractivity contribution >= 4 is 18.0 Å². The van der Waals surface area contributed by atoms with Crippen LogP contribution in [0.3, 0.4) is 0 Å². The average molecular weight is 420 g/mol. The molecule has 1 amide bonds. The van der Waals surface area contributed by atoms with Crippen LogP contribution in [0.5, 0.6) is 11.6 Å². The molecule has 3 heterocycles. The van der Waals surface area contributed by atoms with Gasteiger partial charge in [0.05, 0.1) is 12.1 Å². The fourth-order valence-electron chi connectivity index (χ4n) is 3.24. The Morgan fingerprint density at radius 1 is 1.19 bits per heavy atom. The second-order valence-electron chi connectivity index (χ2n) is 7.23. The molecule has 0 radical (unpaired) electrons. The van der Waals surface area contributed by atoms with E-state index in [0.717, 1.165) is 17.7 Å². The smallest absolute Gasteiger partial charge is 0.417 e. The van der Waals surface area contributed by atoms with E-state index in [-0.39, 0.29) is 12.1 Å². The fraction of sp³-hybridized carbons (Fsp3) is 0.318. The SMILES string of the molecule is CC[C@H]1COC(=O)N1c1nc(C)nc(NC(C)c2ccc(Oc3ccccc3)nc2)n1. The van der Waals surface area contributed by atoms with E-state index in [2.05, 4.69) is 25.3 Å². The topological polar surface area (TPSA) is 102 Å². The largest absolute Gasteiger partial charge is 0.447 e. The van der Waals surface area contributed by atoms with E-state index in [9.17, 15) is 4.79 Å². The van der Waals surface area contributed by atoms with Crippen molar-refractivity contribution < 1.29 is 14.3 Å². The third kappa shape index (κ3) is 4.71. The van der Waals surface area contributed by atoms with Crippen LogP contribution in [-0.2, 0) is 4.74 Å². The summed E-state index contributed by atoms with van der Waals surface area (Å²) in [6.45, 7) is 6.07. The quantitative estimate of drug-likeness (QED) is 0.604. The summed E-state index contributed by atoms with van der Waals surface area (Å²) in [6.07, 6.45) is 2.06. The Labute approximate surface area is 180 Å². The van der Waals surface area contributed by atoms with Crippen molar-refractivity contribution in [3.8, 4) is 11.6 Å². The van der Waals surface area contributed by atoms with Crippen LogP contribution >= 0.6 is 0 Å². The van der Waals surface area contributed by atoms with Gasteiger partial charge in [0.25, 0.3) is 0 Å². The molecule has 3 aromatic rings. The minimum absolute atomic E-state index is 0.0825. The molecule has 9 nitrogen and oxygen atoms in total. The van der Waals surface area contributed by atoms with E-state index in [4.69, 9.17) is 9.47 Å². The molecule has 9 heteroatoms. The van der Waals surface area contributed by atoms with Crippen molar-refractivity contribution in [1.29, 1.82) is 0 Å². The third-order valence-corrected chi connectivity index (χ3v) is 4.95. The number of hydrogen-bond acceptors (Lipinski definition) is 8. The van der Waals surface area contributed by atoms with E-state index in [1.807, 2.05) is 56.3 Å². The second kappa shape index (κ2) is 8.95. The lowest BCUT2D eigenvalue weighted by Gasteiger charge is -2.20. The highest BCUT2D eigenvalue weighted by molar-refractivity contribution is 5.88. The summed E-state index contributed by atoms with van der Waals surface area (Å²) < 4.78 is 10.9. The third-order valence-electron chi connectivity index (χ3n) is 4.95. The van der Waals surface area contributed by atoms with Crippen molar-refractivity contribution in [2.45, 2.75) is 39.3 Å². The number of aryl methyl sites for hydroxylation is 1. The molecule has 4 rings (SSSR count). The van der Waals surface area contributed by atoms with Crippen molar-refractivity contribution in [1.82, 2.24) is 19.9 Å². The first-order chi connectivity index (χ1) is 15.0. The number of hydrogen-bond donors (Lipinski definition) is 1. The number of rotatable bonds is 7. The maximum absolute atomic E-state index is 12.1. The molecule has 1 saturated heterocycles. The number of cyclic esters (lactones) is 1. The standard InChI is InChI=1S/C22H24N6O3/c1-4-17-13-30-22(29)28(17)21-26-15(3)25-20(27-21)24-14(2)16-10-11-19(23-12-16)31-18-8-6-5-7-9-18/h5-12,14,17H,4,13H2,1-3H3,(H,24,25,26,27)/t14?,17-/m0/s1. The van der Waals surface area contributed by atoms with E-state index in [1.165, 1.54) is 4.90 Å². The highest BCUT2D eigenvalue weighted by atomic mass is 16.6. The maximum atomic E-state index is 12.1. The predicted molar refractivity (Wildman–Crippen MR) is 115 cm³/mol. The number of nitrogens with zero attached hydrogens (tertiary/aromatic N) is 5. The molecule has 1 aliphatic heterocycles. The van der Waals surface area contributed by atoms with Crippen molar-refractivity contribution in [2.75, 3.05) is 16.8 Å². The lowest BCUT2D eigenvalue weighted by molar-refractivity contribution is 0.178. The Morgan fingerprint density at radius 3 is 2.71 bits per heavy atom. The number of ether oxygens (including phenoxy) is 2. The maximum Gasteiger partial charge on any atom is 0.417 e. The van der Waals surface area contributed by atoms with Crippen LogP contribution < -0.4 is 15.0 Å². The summed E-state index contributed by atoms with van der Waals surface area (Å²) in [5.41, 5.74) is 0.937. The molecular weight excluding hydrogens is 396 g/mol. The molecular formula is C22H24N6O3. The van der Waals surface area contributed by atoms with Crippen molar-refractivity contribution in [2.24, 2.45) is 0 Å². The lowest BCUT2D eigenvalue weighted by Crippen LogP contribution is -2.34. The molecule has 160 valence electrons. The number of carbonyl (C=O) groups is 1. The molecule has 1 aliphatic rings. The summed E-state index contributed by atoms with van der Waals surface area (Å²) in [6, 6.07) is 13.0. The molecule has 1 fully saturated rings. The Hall–Kier alpha value is -3.75. The number of benzene rings is 1. The Kier molecular flexibility index (Phi) is 5.92. The fourth-order valence-corrected chi connectivity index (χ4v) is 3.24. The summed E-state index contributed by atoms with van der Waals surface area (Å²) in [4.78, 5) is 31.1. The van der Waals surface area contributed by atoms with E-state index in [0.29, 0.717) is 30.2 Å². The van der Waals surface area contributed by atoms with Crippen LogP contribution in [0.4, 0.5) is 16.7 Å². The number of nitrogens with one attached hydrogen (secondary N) is 1. The molecule has 0 bridgehead atoms. The van der Waals surface area contributed by atoms with Gasteiger partial charge in [-0.2, -0.15) is 15.0 Å². The molecule has 1 N–H and O–H groups in total. The van der Waals surface area contributed by atoms with Gasteiger partial charge in [-0.25, -0.2) is 14.7 Å². The molecule has 1 aromatic carbocycles. The molecule has 0 saturated carbocycles. The van der Waals surface area contributed by atoms with Crippen LogP contribution in [0.1, 0.15) is 37.7 Å². The van der Waals surface area contributed by atoms with Gasteiger partial charge in [-0.05, 0) is 38.0 Å². The zero-order valence-electron chi connectivity index (χ0n) is 17.6. The van der Waals surface area contributed by atoms with Crippen LogP contribution in [-0.4, -0.2) is 38.7 Å². The molecule has 0 spiro atoms. The summed E-state index contributed by atoms with van der Waals surface area (Å²) in [7, 11) is 0. The number of anilines is 2. The molecule has 2 atom stereocenters. The van der Waals surface area contributed by atoms with Gasteiger partial charge in [0.15, 0.2) is 0 Å². The monoisotopic (exact) mass is 420 g/mol. The predicted octanol–water partition coefficient (Wildman–Crippen LogP) is 4.28. The molecule has 2 aromatic heterocycles. The zero-order chi connectivity index (χ0) is 21.8. The molecule has 31 heavy (non-hydrogen) atoms. The first kappa shape index (κ1) is 20.5. The normalized spacial score (nSPS) is 16.7. The van der Waals surface area contributed by atoms with Gasteiger partial charge in [0.1, 0.15) is 18.2 Å². The molecule has 1 unspecified atom stereocenters. The van der Waals surface area contributed by atoms with Crippen LogP contribution in [0.15, 0.2) is 48.7 Å². The van der Waals surface area contributed by atoms with E-state index < -0.39 is 6.09 Å². The zero-order valence-corrected chi connectivity index (χ0v) is 17.6. The van der Waals surface area contributed by atoms with Gasteiger partial charge in [-0.15, -0.1) is 0 Å². The Bertz CT molecular complexity index is 1040. The number of para-hydroxylation sites is 1. The Morgan fingerprint density at radius 2 is 2.00 bits per heavy atom. The average Bonchev–Trinajstić information content (AvgIpc) is 3.15. The minimum atomic E-state index is -0.436. The minimum Gasteiger partial charge on any atom is -0.447 e. The summed E-state index contributed by atoms with van der Waals surface area (Å²) in [5, 5.41) is 3.26. The number of amides is 1. The highest BCUT2D eigenvalue weighted by Gasteiger charge is 2.35. The first-order valence-corrected chi connectivity index (χ1v) is 10.2. The lowest BCUT2D eigenvalue weighted by atomic mass is 10.1. The number of carbonyl (C=O) groups excluding carboxylic acids is 1. The van der Waals surface area contributed by atoms with Gasteiger partial charge in [0, 0.05) is 12.3 Å². The van der Waals surface area contributed by atoms with Crippen LogP contribution in [0, 0.1) is 6.92 Å².